The van der Waals surface area contributed by atoms with Crippen LogP contribution >= 0.6 is 11.6 Å². The van der Waals surface area contributed by atoms with Crippen LogP contribution in [0.2, 0.25) is 5.15 Å². The molecule has 1 aromatic carbocycles. The average molecular weight is 299 g/mol. The first-order chi connectivity index (χ1) is 10.2. The summed E-state index contributed by atoms with van der Waals surface area (Å²) >= 11 is 5.78. The lowest BCUT2D eigenvalue weighted by Gasteiger charge is -2.07. The Bertz CT molecular complexity index is 771. The van der Waals surface area contributed by atoms with Crippen molar-refractivity contribution in [1.82, 2.24) is 14.5 Å². The van der Waals surface area contributed by atoms with E-state index >= 15 is 0 Å². The Hall–Kier alpha value is -2.66. The molecule has 0 bridgehead atoms. The van der Waals surface area contributed by atoms with Gasteiger partial charge in [-0.3, -0.25) is 4.79 Å². The Morgan fingerprint density at radius 2 is 2.05 bits per heavy atom. The summed E-state index contributed by atoms with van der Waals surface area (Å²) in [7, 11) is 0. The topological polar surface area (TPSA) is 59.8 Å². The highest BCUT2D eigenvalue weighted by Gasteiger charge is 2.08. The second kappa shape index (κ2) is 5.76. The van der Waals surface area contributed by atoms with Crippen LogP contribution in [-0.2, 0) is 0 Å². The lowest BCUT2D eigenvalue weighted by atomic mass is 10.2. The van der Waals surface area contributed by atoms with Gasteiger partial charge in [-0.05, 0) is 30.3 Å². The van der Waals surface area contributed by atoms with Gasteiger partial charge in [-0.25, -0.2) is 9.97 Å². The fraction of sp³-hybridized carbons (Fsp3) is 0. The summed E-state index contributed by atoms with van der Waals surface area (Å²) in [6.07, 6.45) is 5.22. The van der Waals surface area contributed by atoms with Crippen molar-refractivity contribution in [1.29, 1.82) is 0 Å². The van der Waals surface area contributed by atoms with Gasteiger partial charge in [0.15, 0.2) is 0 Å². The van der Waals surface area contributed by atoms with E-state index in [1.165, 1.54) is 0 Å². The summed E-state index contributed by atoms with van der Waals surface area (Å²) in [4.78, 5) is 20.1. The highest BCUT2D eigenvalue weighted by atomic mass is 35.5. The summed E-state index contributed by atoms with van der Waals surface area (Å²) in [5, 5.41) is 3.08. The average Bonchev–Trinajstić information content (AvgIpc) is 3.02. The zero-order valence-electron chi connectivity index (χ0n) is 10.9. The van der Waals surface area contributed by atoms with E-state index in [4.69, 9.17) is 11.6 Å². The van der Waals surface area contributed by atoms with E-state index in [-0.39, 0.29) is 16.8 Å². The number of carbonyl (C=O) groups is 1. The number of carbonyl (C=O) groups excluding carboxylic acids is 1. The third-order valence-corrected chi connectivity index (χ3v) is 3.06. The molecule has 6 heteroatoms. The van der Waals surface area contributed by atoms with Crippen LogP contribution in [0.3, 0.4) is 0 Å². The van der Waals surface area contributed by atoms with Crippen LogP contribution in [0.1, 0.15) is 10.5 Å². The van der Waals surface area contributed by atoms with Gasteiger partial charge in [-0.15, -0.1) is 0 Å². The molecule has 21 heavy (non-hydrogen) atoms. The van der Waals surface area contributed by atoms with Crippen molar-refractivity contribution >= 4 is 23.2 Å². The molecule has 0 radical (unpaired) electrons. The highest BCUT2D eigenvalue weighted by Crippen LogP contribution is 2.15. The van der Waals surface area contributed by atoms with E-state index in [0.29, 0.717) is 5.69 Å². The molecule has 1 N–H and O–H groups in total. The Morgan fingerprint density at radius 3 is 2.81 bits per heavy atom. The lowest BCUT2D eigenvalue weighted by Crippen LogP contribution is -2.13. The minimum absolute atomic E-state index is 0.274. The van der Waals surface area contributed by atoms with Gasteiger partial charge >= 0.3 is 0 Å². The number of nitrogens with zero attached hydrogens (tertiary/aromatic N) is 3. The van der Waals surface area contributed by atoms with Gasteiger partial charge in [0.05, 0.1) is 6.33 Å². The predicted octanol–water partition coefficient (Wildman–Crippen LogP) is 3.17. The van der Waals surface area contributed by atoms with Gasteiger partial charge in [-0.1, -0.05) is 23.7 Å². The third-order valence-electron chi connectivity index (χ3n) is 2.85. The van der Waals surface area contributed by atoms with Crippen molar-refractivity contribution in [3.63, 3.8) is 0 Å². The zero-order chi connectivity index (χ0) is 14.7. The SMILES string of the molecule is O=C(Nc1cccc(-n2ccnc2)c1)c1cccc(Cl)n1. The number of benzene rings is 1. The maximum Gasteiger partial charge on any atom is 0.274 e. The number of rotatable bonds is 3. The number of pyridine rings is 1. The molecule has 0 saturated carbocycles. The molecule has 0 unspecified atom stereocenters. The third kappa shape index (κ3) is 3.09. The minimum Gasteiger partial charge on any atom is -0.321 e. The van der Waals surface area contributed by atoms with Gasteiger partial charge < -0.3 is 9.88 Å². The minimum atomic E-state index is -0.305. The number of imidazole rings is 1. The maximum atomic E-state index is 12.1. The molecule has 104 valence electrons. The first kappa shape index (κ1) is 13.3. The summed E-state index contributed by atoms with van der Waals surface area (Å²) in [6.45, 7) is 0. The Balaban J connectivity index is 1.82. The molecule has 0 aliphatic rings. The summed E-state index contributed by atoms with van der Waals surface area (Å²) in [5.74, 6) is -0.305. The van der Waals surface area contributed by atoms with Gasteiger partial charge in [0.25, 0.3) is 5.91 Å². The van der Waals surface area contributed by atoms with E-state index in [1.54, 1.807) is 30.7 Å². The van der Waals surface area contributed by atoms with Crippen molar-refractivity contribution in [2.24, 2.45) is 0 Å². The zero-order valence-corrected chi connectivity index (χ0v) is 11.7. The largest absolute Gasteiger partial charge is 0.321 e. The molecule has 1 amide bonds. The van der Waals surface area contributed by atoms with Crippen molar-refractivity contribution in [2.75, 3.05) is 5.32 Å². The van der Waals surface area contributed by atoms with Crippen LogP contribution in [0.4, 0.5) is 5.69 Å². The molecule has 5 nitrogen and oxygen atoms in total. The van der Waals surface area contributed by atoms with E-state index in [2.05, 4.69) is 15.3 Å². The van der Waals surface area contributed by atoms with Crippen LogP contribution in [0.5, 0.6) is 0 Å². The second-order valence-corrected chi connectivity index (χ2v) is 4.71. The Labute approximate surface area is 126 Å². The van der Waals surface area contributed by atoms with Crippen LogP contribution in [-0.4, -0.2) is 20.4 Å². The predicted molar refractivity (Wildman–Crippen MR) is 80.8 cm³/mol. The Kier molecular flexibility index (Phi) is 3.66. The lowest BCUT2D eigenvalue weighted by molar-refractivity contribution is 0.102. The smallest absolute Gasteiger partial charge is 0.274 e. The number of halogens is 1. The number of nitrogens with one attached hydrogen (secondary N) is 1. The first-order valence-electron chi connectivity index (χ1n) is 6.25. The number of aromatic nitrogens is 3. The van der Waals surface area contributed by atoms with Gasteiger partial charge in [0, 0.05) is 23.8 Å². The van der Waals surface area contributed by atoms with E-state index in [9.17, 15) is 4.79 Å². The highest BCUT2D eigenvalue weighted by molar-refractivity contribution is 6.29. The molecule has 2 aromatic heterocycles. The normalized spacial score (nSPS) is 10.3. The molecule has 3 rings (SSSR count). The van der Waals surface area contributed by atoms with Crippen LogP contribution in [0.15, 0.2) is 61.2 Å². The summed E-state index contributed by atoms with van der Waals surface area (Å²) in [5.41, 5.74) is 1.85. The maximum absolute atomic E-state index is 12.1. The monoisotopic (exact) mass is 298 g/mol. The molecule has 3 aromatic rings. The van der Waals surface area contributed by atoms with Crippen LogP contribution < -0.4 is 5.32 Å². The fourth-order valence-electron chi connectivity index (χ4n) is 1.89. The summed E-state index contributed by atoms with van der Waals surface area (Å²) < 4.78 is 1.85. The number of amides is 1. The van der Waals surface area contributed by atoms with E-state index in [1.807, 2.05) is 35.0 Å². The van der Waals surface area contributed by atoms with Crippen molar-refractivity contribution < 1.29 is 4.79 Å². The summed E-state index contributed by atoms with van der Waals surface area (Å²) in [6, 6.07) is 12.4. The van der Waals surface area contributed by atoms with Crippen LogP contribution in [0, 0.1) is 0 Å². The molecule has 0 spiro atoms. The molecule has 0 atom stereocenters. The molecular formula is C15H11ClN4O. The van der Waals surface area contributed by atoms with Gasteiger partial charge in [0.2, 0.25) is 0 Å². The Morgan fingerprint density at radius 1 is 1.19 bits per heavy atom. The van der Waals surface area contributed by atoms with Gasteiger partial charge in [0.1, 0.15) is 10.8 Å². The molecule has 0 aliphatic heterocycles. The quantitative estimate of drug-likeness (QED) is 0.756. The van der Waals surface area contributed by atoms with Crippen LogP contribution in [0.25, 0.3) is 5.69 Å². The van der Waals surface area contributed by atoms with E-state index < -0.39 is 0 Å². The molecule has 0 fully saturated rings. The number of hydrogen-bond donors (Lipinski definition) is 1. The van der Waals surface area contributed by atoms with Crippen molar-refractivity contribution in [2.45, 2.75) is 0 Å². The number of hydrogen-bond acceptors (Lipinski definition) is 3. The van der Waals surface area contributed by atoms with E-state index in [0.717, 1.165) is 5.69 Å². The fourth-order valence-corrected chi connectivity index (χ4v) is 2.05. The molecule has 2 heterocycles. The van der Waals surface area contributed by atoms with Gasteiger partial charge in [-0.2, -0.15) is 0 Å². The number of anilines is 1. The van der Waals surface area contributed by atoms with Crippen molar-refractivity contribution in [3.05, 3.63) is 72.0 Å². The van der Waals surface area contributed by atoms with Crippen molar-refractivity contribution in [3.8, 4) is 5.69 Å². The first-order valence-corrected chi connectivity index (χ1v) is 6.62. The molecule has 0 aliphatic carbocycles. The molecular weight excluding hydrogens is 288 g/mol. The molecule has 0 saturated heterocycles. The second-order valence-electron chi connectivity index (χ2n) is 4.32. The standard InChI is InChI=1S/C15H11ClN4O/c16-14-6-2-5-13(19-14)15(21)18-11-3-1-4-12(9-11)20-8-7-17-10-20/h1-10H,(H,18,21).